The van der Waals surface area contributed by atoms with Crippen molar-refractivity contribution in [1.29, 1.82) is 0 Å². The van der Waals surface area contributed by atoms with Crippen LogP contribution in [0, 0.1) is 6.92 Å². The summed E-state index contributed by atoms with van der Waals surface area (Å²) in [5.74, 6) is 2.33. The number of hydrogen-bond donors (Lipinski definition) is 0. The van der Waals surface area contributed by atoms with E-state index in [9.17, 15) is 0 Å². The topological polar surface area (TPSA) is 65.6 Å². The molecule has 0 saturated carbocycles. The number of aryl methyl sites for hydroxylation is 1. The summed E-state index contributed by atoms with van der Waals surface area (Å²) >= 11 is 0. The van der Waals surface area contributed by atoms with E-state index in [0.717, 1.165) is 61.2 Å². The molecular weight excluding hydrogens is 416 g/mol. The van der Waals surface area contributed by atoms with E-state index in [0.29, 0.717) is 18.9 Å². The van der Waals surface area contributed by atoms with E-state index in [1.54, 1.807) is 12.4 Å². The molecule has 2 aromatic carbocycles. The molecule has 3 heterocycles. The summed E-state index contributed by atoms with van der Waals surface area (Å²) in [5.41, 5.74) is 4.34. The summed E-state index contributed by atoms with van der Waals surface area (Å²) in [5, 5.41) is 4.26. The summed E-state index contributed by atoms with van der Waals surface area (Å²) < 4.78 is 19.3. The van der Waals surface area contributed by atoms with Crippen LogP contribution < -0.4 is 4.74 Å². The first-order valence-corrected chi connectivity index (χ1v) is 11.3. The van der Waals surface area contributed by atoms with E-state index in [2.05, 4.69) is 34.0 Å². The summed E-state index contributed by atoms with van der Waals surface area (Å²) in [7, 11) is 0. The van der Waals surface area contributed by atoms with Gasteiger partial charge in [-0.25, -0.2) is 9.67 Å². The van der Waals surface area contributed by atoms with E-state index >= 15 is 0 Å². The van der Waals surface area contributed by atoms with Crippen LogP contribution in [-0.2, 0) is 11.2 Å². The monoisotopic (exact) mass is 444 g/mol. The van der Waals surface area contributed by atoms with Crippen LogP contribution in [0.1, 0.15) is 17.0 Å². The number of ether oxygens (including phenoxy) is 2. The van der Waals surface area contributed by atoms with E-state index in [4.69, 9.17) is 13.9 Å². The number of morpholine rings is 1. The predicted molar refractivity (Wildman–Crippen MR) is 126 cm³/mol. The fourth-order valence-corrected chi connectivity index (χ4v) is 3.93. The molecule has 0 unspecified atom stereocenters. The maximum Gasteiger partial charge on any atom is 0.199 e. The fourth-order valence-electron chi connectivity index (χ4n) is 3.93. The second-order valence-corrected chi connectivity index (χ2v) is 8.18. The van der Waals surface area contributed by atoms with Crippen molar-refractivity contribution >= 4 is 0 Å². The van der Waals surface area contributed by atoms with Crippen LogP contribution in [0.3, 0.4) is 0 Å². The first-order chi connectivity index (χ1) is 16.2. The van der Waals surface area contributed by atoms with Gasteiger partial charge in [0.05, 0.1) is 25.1 Å². The Kier molecular flexibility index (Phi) is 6.51. The Morgan fingerprint density at radius 3 is 2.70 bits per heavy atom. The maximum atomic E-state index is 6.07. The highest BCUT2D eigenvalue weighted by molar-refractivity contribution is 5.58. The third kappa shape index (κ3) is 5.32. The zero-order valence-corrected chi connectivity index (χ0v) is 18.8. The van der Waals surface area contributed by atoms with Crippen molar-refractivity contribution in [3.8, 4) is 22.8 Å². The molecule has 1 aliphatic rings. The molecule has 0 aliphatic carbocycles. The molecule has 33 heavy (non-hydrogen) atoms. The lowest BCUT2D eigenvalue weighted by Gasteiger charge is -2.26. The maximum absolute atomic E-state index is 6.07. The van der Waals surface area contributed by atoms with Crippen molar-refractivity contribution in [2.75, 3.05) is 39.5 Å². The second kappa shape index (κ2) is 10.0. The van der Waals surface area contributed by atoms with Gasteiger partial charge in [0.25, 0.3) is 0 Å². The number of oxazole rings is 1. The Balaban J connectivity index is 1.22. The fraction of sp³-hybridized carbons (Fsp3) is 0.308. The molecule has 2 aromatic heterocycles. The third-order valence-corrected chi connectivity index (χ3v) is 5.92. The highest BCUT2D eigenvalue weighted by atomic mass is 16.5. The van der Waals surface area contributed by atoms with Crippen LogP contribution in [-0.4, -0.2) is 59.1 Å². The average Bonchev–Trinajstić information content (AvgIpc) is 3.55. The SMILES string of the molecule is Cc1ccc(OCCN2CCOCC2)cc1Cc1ncc(-c2ccc(-n3cccn3)cc2)o1. The number of rotatable bonds is 8. The van der Waals surface area contributed by atoms with Gasteiger partial charge in [-0.2, -0.15) is 5.10 Å². The lowest BCUT2D eigenvalue weighted by molar-refractivity contribution is 0.0322. The van der Waals surface area contributed by atoms with Crippen LogP contribution in [0.2, 0.25) is 0 Å². The van der Waals surface area contributed by atoms with E-state index < -0.39 is 0 Å². The molecule has 0 spiro atoms. The zero-order valence-electron chi connectivity index (χ0n) is 18.8. The van der Waals surface area contributed by atoms with Crippen LogP contribution in [0.4, 0.5) is 0 Å². The largest absolute Gasteiger partial charge is 0.492 e. The van der Waals surface area contributed by atoms with Crippen molar-refractivity contribution < 1.29 is 13.9 Å². The highest BCUT2D eigenvalue weighted by Gasteiger charge is 2.12. The van der Waals surface area contributed by atoms with Gasteiger partial charge >= 0.3 is 0 Å². The molecule has 0 radical (unpaired) electrons. The number of benzene rings is 2. The highest BCUT2D eigenvalue weighted by Crippen LogP contribution is 2.25. The molecule has 0 amide bonds. The summed E-state index contributed by atoms with van der Waals surface area (Å²) in [4.78, 5) is 6.88. The Hall–Kier alpha value is -3.42. The standard InChI is InChI=1S/C26H28N4O3/c1-20-3-8-24(32-16-13-29-11-14-31-15-12-29)17-22(20)18-26-27-19-25(33-26)21-4-6-23(7-5-21)30-10-2-9-28-30/h2-10,17,19H,11-16,18H2,1H3. The quantitative estimate of drug-likeness (QED) is 0.407. The molecule has 7 heteroatoms. The molecule has 0 N–H and O–H groups in total. The van der Waals surface area contributed by atoms with Crippen molar-refractivity contribution in [1.82, 2.24) is 19.7 Å². The van der Waals surface area contributed by atoms with Crippen LogP contribution in [0.15, 0.2) is 71.5 Å². The zero-order chi connectivity index (χ0) is 22.5. The lowest BCUT2D eigenvalue weighted by Crippen LogP contribution is -2.38. The van der Waals surface area contributed by atoms with Crippen molar-refractivity contribution in [2.45, 2.75) is 13.3 Å². The Labute approximate surface area is 193 Å². The van der Waals surface area contributed by atoms with Gasteiger partial charge in [-0.05, 0) is 60.5 Å². The average molecular weight is 445 g/mol. The first-order valence-electron chi connectivity index (χ1n) is 11.3. The van der Waals surface area contributed by atoms with E-state index in [1.807, 2.05) is 47.3 Å². The predicted octanol–water partition coefficient (Wildman–Crippen LogP) is 4.14. The van der Waals surface area contributed by atoms with Crippen molar-refractivity contribution in [2.24, 2.45) is 0 Å². The van der Waals surface area contributed by atoms with Crippen molar-refractivity contribution in [3.05, 3.63) is 84.1 Å². The molecule has 170 valence electrons. The molecule has 0 bridgehead atoms. The normalized spacial score (nSPS) is 14.5. The molecule has 0 atom stereocenters. The van der Waals surface area contributed by atoms with E-state index in [-0.39, 0.29) is 0 Å². The molecule has 4 aromatic rings. The van der Waals surface area contributed by atoms with Crippen LogP contribution >= 0.6 is 0 Å². The molecule has 1 fully saturated rings. The van der Waals surface area contributed by atoms with Gasteiger partial charge < -0.3 is 13.9 Å². The van der Waals surface area contributed by atoms with Gasteiger partial charge in [0.1, 0.15) is 12.4 Å². The van der Waals surface area contributed by atoms with E-state index in [1.165, 1.54) is 5.56 Å². The lowest BCUT2D eigenvalue weighted by atomic mass is 10.1. The first kappa shape index (κ1) is 21.4. The number of hydrogen-bond acceptors (Lipinski definition) is 6. The second-order valence-electron chi connectivity index (χ2n) is 8.18. The van der Waals surface area contributed by atoms with Gasteiger partial charge in [0, 0.05) is 44.0 Å². The van der Waals surface area contributed by atoms with Crippen LogP contribution in [0.5, 0.6) is 5.75 Å². The molecule has 5 rings (SSSR count). The van der Waals surface area contributed by atoms with Gasteiger partial charge in [-0.3, -0.25) is 4.90 Å². The molecule has 7 nitrogen and oxygen atoms in total. The Morgan fingerprint density at radius 2 is 1.91 bits per heavy atom. The third-order valence-electron chi connectivity index (χ3n) is 5.92. The molecular formula is C26H28N4O3. The Morgan fingerprint density at radius 1 is 1.06 bits per heavy atom. The minimum atomic E-state index is 0.623. The van der Waals surface area contributed by atoms with Gasteiger partial charge in [0.15, 0.2) is 11.7 Å². The summed E-state index contributed by atoms with van der Waals surface area (Å²) in [6, 6.07) is 16.2. The molecule has 1 saturated heterocycles. The summed E-state index contributed by atoms with van der Waals surface area (Å²) in [6.07, 6.45) is 6.10. The van der Waals surface area contributed by atoms with Gasteiger partial charge in [-0.1, -0.05) is 6.07 Å². The van der Waals surface area contributed by atoms with Gasteiger partial charge in [-0.15, -0.1) is 0 Å². The van der Waals surface area contributed by atoms with Crippen molar-refractivity contribution in [3.63, 3.8) is 0 Å². The smallest absolute Gasteiger partial charge is 0.199 e. The van der Waals surface area contributed by atoms with Gasteiger partial charge in [0.2, 0.25) is 0 Å². The number of aromatic nitrogens is 3. The minimum Gasteiger partial charge on any atom is -0.492 e. The summed E-state index contributed by atoms with van der Waals surface area (Å²) in [6.45, 7) is 7.24. The Bertz CT molecular complexity index is 1160. The minimum absolute atomic E-state index is 0.623. The molecule has 1 aliphatic heterocycles. The number of nitrogens with zero attached hydrogens (tertiary/aromatic N) is 4. The van der Waals surface area contributed by atoms with Crippen LogP contribution in [0.25, 0.3) is 17.0 Å².